The summed E-state index contributed by atoms with van der Waals surface area (Å²) in [6.07, 6.45) is 12.2. The predicted molar refractivity (Wildman–Crippen MR) is 123 cm³/mol. The first-order valence-electron chi connectivity index (χ1n) is 12.0. The third-order valence-corrected chi connectivity index (χ3v) is 7.46. The van der Waals surface area contributed by atoms with Gasteiger partial charge in [-0.15, -0.1) is 0 Å². The lowest BCUT2D eigenvalue weighted by molar-refractivity contribution is -0.119. The molecule has 0 unspecified atom stereocenters. The Morgan fingerprint density at radius 1 is 1.19 bits per heavy atom. The van der Waals surface area contributed by atoms with Gasteiger partial charge in [0.15, 0.2) is 0 Å². The number of fused-ring (bicyclic) bond motifs is 1. The number of rotatable bonds is 5. The smallest absolute Gasteiger partial charge is 0.228 e. The van der Waals surface area contributed by atoms with Crippen LogP contribution in [0.3, 0.4) is 0 Å². The van der Waals surface area contributed by atoms with Gasteiger partial charge in [0.2, 0.25) is 11.9 Å². The van der Waals surface area contributed by atoms with E-state index in [2.05, 4.69) is 15.3 Å². The summed E-state index contributed by atoms with van der Waals surface area (Å²) in [5, 5.41) is 15.1. The van der Waals surface area contributed by atoms with Gasteiger partial charge in [-0.2, -0.15) is 5.10 Å². The van der Waals surface area contributed by atoms with Gasteiger partial charge >= 0.3 is 0 Å². The fraction of sp³-hybridized carbons (Fsp3) is 0.625. The molecule has 2 aromatic heterocycles. The van der Waals surface area contributed by atoms with Crippen LogP contribution < -0.4 is 10.2 Å². The molecule has 7 nitrogen and oxygen atoms in total. The van der Waals surface area contributed by atoms with E-state index >= 15 is 4.39 Å². The minimum Gasteiger partial charge on any atom is -0.309 e. The number of hydrogen-bond donors (Lipinski definition) is 2. The number of guanidine groups is 1. The Labute approximate surface area is 188 Å². The summed E-state index contributed by atoms with van der Waals surface area (Å²) in [6, 6.07) is 3.94. The first-order valence-corrected chi connectivity index (χ1v) is 12.0. The Kier molecular flexibility index (Phi) is 5.88. The van der Waals surface area contributed by atoms with E-state index < -0.39 is 5.67 Å². The number of nitrogens with zero attached hydrogens (tertiary/aromatic N) is 4. The van der Waals surface area contributed by atoms with Crippen molar-refractivity contribution < 1.29 is 9.18 Å². The first kappa shape index (κ1) is 21.4. The summed E-state index contributed by atoms with van der Waals surface area (Å²) < 4.78 is 17.5. The van der Waals surface area contributed by atoms with E-state index in [4.69, 9.17) is 5.41 Å². The van der Waals surface area contributed by atoms with Crippen LogP contribution in [0.1, 0.15) is 56.9 Å². The third-order valence-electron chi connectivity index (χ3n) is 7.46. The summed E-state index contributed by atoms with van der Waals surface area (Å²) in [5.74, 6) is 0.725. The van der Waals surface area contributed by atoms with Gasteiger partial charge in [0.25, 0.3) is 0 Å². The first-order chi connectivity index (χ1) is 15.5. The lowest BCUT2D eigenvalue weighted by atomic mass is 9.85. The van der Waals surface area contributed by atoms with Crippen LogP contribution in [0.15, 0.2) is 24.5 Å². The maximum Gasteiger partial charge on any atom is 0.228 e. The van der Waals surface area contributed by atoms with Crippen LogP contribution in [0.4, 0.5) is 10.1 Å². The van der Waals surface area contributed by atoms with E-state index in [-0.39, 0.29) is 11.9 Å². The molecule has 0 aromatic carbocycles. The maximum atomic E-state index is 15.8. The van der Waals surface area contributed by atoms with Crippen molar-refractivity contribution in [1.29, 1.82) is 5.41 Å². The number of carbonyl (C=O) groups excluding carboxylic acids is 1. The average Bonchev–Trinajstić information content (AvgIpc) is 3.19. The van der Waals surface area contributed by atoms with Crippen LogP contribution in [0.25, 0.3) is 5.52 Å². The molecule has 2 N–H and O–H groups in total. The normalized spacial score (nSPS) is 23.0. The number of likely N-dealkylation sites (tertiary alicyclic amines) is 1. The highest BCUT2D eigenvalue weighted by Gasteiger charge is 2.35. The highest BCUT2D eigenvalue weighted by molar-refractivity contribution is 6.08. The number of halogens is 1. The minimum atomic E-state index is -1.17. The van der Waals surface area contributed by atoms with Gasteiger partial charge in [0.1, 0.15) is 5.67 Å². The molecule has 0 spiro atoms. The summed E-state index contributed by atoms with van der Waals surface area (Å²) >= 11 is 0. The van der Waals surface area contributed by atoms with Crippen LogP contribution in [0, 0.1) is 11.3 Å². The van der Waals surface area contributed by atoms with Crippen molar-refractivity contribution in [3.63, 3.8) is 0 Å². The average molecular weight is 441 g/mol. The standard InChI is InChI=1S/C24H33FN6O/c25-24(8-12-29(13-9-24)17-18-4-2-1-3-5-18)15-19-6-11-31-20(14-19)21(16-27-31)30-10-7-22(32)28-23(30)26/h6,11,14,16,18H,1-5,7-10,12-13,15,17H2,(H2,26,28,32). The second-order valence-electron chi connectivity index (χ2n) is 9.83. The largest absolute Gasteiger partial charge is 0.309 e. The van der Waals surface area contributed by atoms with E-state index in [1.54, 1.807) is 15.6 Å². The number of pyridine rings is 1. The van der Waals surface area contributed by atoms with Crippen molar-refractivity contribution in [2.75, 3.05) is 31.1 Å². The number of piperidine rings is 1. The molecule has 8 heteroatoms. The molecular formula is C24H33FN6O. The molecule has 0 atom stereocenters. The van der Waals surface area contributed by atoms with Gasteiger partial charge in [-0.25, -0.2) is 8.91 Å². The van der Waals surface area contributed by atoms with Crippen LogP contribution in [0.2, 0.25) is 0 Å². The monoisotopic (exact) mass is 440 g/mol. The molecule has 0 radical (unpaired) electrons. The van der Waals surface area contributed by atoms with Crippen LogP contribution in [-0.4, -0.2) is 58.2 Å². The zero-order valence-electron chi connectivity index (χ0n) is 18.7. The maximum absolute atomic E-state index is 15.8. The molecule has 172 valence electrons. The number of hydrogen-bond acceptors (Lipinski definition) is 4. The fourth-order valence-electron chi connectivity index (χ4n) is 5.57. The Morgan fingerprint density at radius 2 is 1.97 bits per heavy atom. The van der Waals surface area contributed by atoms with Gasteiger partial charge in [-0.3, -0.25) is 15.5 Å². The van der Waals surface area contributed by atoms with Crippen molar-refractivity contribution in [3.8, 4) is 0 Å². The number of amides is 1. The van der Waals surface area contributed by atoms with E-state index in [9.17, 15) is 4.79 Å². The highest BCUT2D eigenvalue weighted by Crippen LogP contribution is 2.33. The molecule has 5 rings (SSSR count). The van der Waals surface area contributed by atoms with E-state index in [0.717, 1.165) is 42.3 Å². The van der Waals surface area contributed by atoms with Crippen molar-refractivity contribution in [1.82, 2.24) is 19.8 Å². The summed E-state index contributed by atoms with van der Waals surface area (Å²) in [6.45, 7) is 3.27. The Bertz CT molecular complexity index is 990. The summed E-state index contributed by atoms with van der Waals surface area (Å²) in [4.78, 5) is 15.8. The Morgan fingerprint density at radius 3 is 2.72 bits per heavy atom. The van der Waals surface area contributed by atoms with Crippen molar-refractivity contribution in [3.05, 3.63) is 30.1 Å². The Hall–Kier alpha value is -2.48. The molecule has 4 heterocycles. The zero-order valence-corrected chi connectivity index (χ0v) is 18.7. The number of alkyl halides is 1. The summed E-state index contributed by atoms with van der Waals surface area (Å²) in [7, 11) is 0. The number of nitrogens with one attached hydrogen (secondary N) is 2. The van der Waals surface area contributed by atoms with Gasteiger partial charge in [-0.1, -0.05) is 19.3 Å². The molecule has 1 aliphatic carbocycles. The van der Waals surface area contributed by atoms with Gasteiger partial charge in [0, 0.05) is 45.2 Å². The molecular weight excluding hydrogens is 407 g/mol. The highest BCUT2D eigenvalue weighted by atomic mass is 19.1. The van der Waals surface area contributed by atoms with Crippen LogP contribution in [-0.2, 0) is 11.2 Å². The van der Waals surface area contributed by atoms with Gasteiger partial charge in [-0.05, 0) is 49.3 Å². The van der Waals surface area contributed by atoms with E-state index in [1.165, 1.54) is 32.1 Å². The lowest BCUT2D eigenvalue weighted by Crippen LogP contribution is -2.50. The second-order valence-corrected chi connectivity index (χ2v) is 9.83. The second kappa shape index (κ2) is 8.81. The van der Waals surface area contributed by atoms with E-state index in [1.807, 2.05) is 18.3 Å². The Balaban J connectivity index is 1.25. The van der Waals surface area contributed by atoms with Crippen LogP contribution >= 0.6 is 0 Å². The molecule has 2 aliphatic heterocycles. The lowest BCUT2D eigenvalue weighted by Gasteiger charge is -2.38. The molecule has 2 aromatic rings. The quantitative estimate of drug-likeness (QED) is 0.746. The molecule has 3 aliphatic rings. The molecule has 2 saturated heterocycles. The SMILES string of the molecule is N=C1NC(=O)CCN1c1cnn2ccc(CC3(F)CCN(CC4CCCCC4)CC3)cc12. The van der Waals surface area contributed by atoms with Gasteiger partial charge in [0.05, 0.1) is 17.4 Å². The number of carbonyl (C=O) groups is 1. The fourth-order valence-corrected chi connectivity index (χ4v) is 5.57. The number of anilines is 1. The van der Waals surface area contributed by atoms with Gasteiger partial charge < -0.3 is 9.80 Å². The zero-order chi connectivity index (χ0) is 22.1. The van der Waals surface area contributed by atoms with Crippen molar-refractivity contribution in [2.24, 2.45) is 5.92 Å². The summed E-state index contributed by atoms with van der Waals surface area (Å²) in [5.41, 5.74) is 1.39. The minimum absolute atomic E-state index is 0.0638. The predicted octanol–water partition coefficient (Wildman–Crippen LogP) is 3.52. The van der Waals surface area contributed by atoms with Crippen molar-refractivity contribution in [2.45, 2.75) is 63.5 Å². The van der Waals surface area contributed by atoms with Crippen molar-refractivity contribution >= 4 is 23.1 Å². The molecule has 3 fully saturated rings. The van der Waals surface area contributed by atoms with E-state index in [0.29, 0.717) is 32.2 Å². The molecule has 1 saturated carbocycles. The molecule has 1 amide bonds. The third kappa shape index (κ3) is 4.51. The molecule has 32 heavy (non-hydrogen) atoms. The van der Waals surface area contributed by atoms with Crippen LogP contribution in [0.5, 0.6) is 0 Å². The molecule has 0 bridgehead atoms. The number of aromatic nitrogens is 2. The topological polar surface area (TPSA) is 76.7 Å².